The summed E-state index contributed by atoms with van der Waals surface area (Å²) in [6, 6.07) is 0.338. The van der Waals surface area contributed by atoms with Crippen molar-refractivity contribution in [2.45, 2.75) is 32.2 Å². The largest absolute Gasteiger partial charge is 0.337 e. The Morgan fingerprint density at radius 1 is 1.45 bits per heavy atom. The number of thiazole rings is 1. The zero-order chi connectivity index (χ0) is 14.5. The van der Waals surface area contributed by atoms with Crippen molar-refractivity contribution >= 4 is 42.1 Å². The Hall–Kier alpha value is -0.400. The summed E-state index contributed by atoms with van der Waals surface area (Å²) >= 11 is 1.52. The maximum Gasteiger partial charge on any atom is 0.273 e. The summed E-state index contributed by atoms with van der Waals surface area (Å²) in [7, 11) is 1.90. The molecule has 0 aliphatic carbocycles. The summed E-state index contributed by atoms with van der Waals surface area (Å²) in [4.78, 5) is 21.1. The molecule has 2 N–H and O–H groups in total. The van der Waals surface area contributed by atoms with E-state index in [1.54, 1.807) is 0 Å². The standard InChI is InChI=1S/C14H24N4OS.2ClH/c1-3-18-8-5-11(6-9-18)17(2)14(19)12-10-20-13(16-12)4-7-15;;/h10-11H,3-9,15H2,1-2H3;2*1H. The van der Waals surface area contributed by atoms with E-state index in [-0.39, 0.29) is 30.7 Å². The highest BCUT2D eigenvalue weighted by Gasteiger charge is 2.26. The van der Waals surface area contributed by atoms with Gasteiger partial charge in [0.25, 0.3) is 5.91 Å². The zero-order valence-electron chi connectivity index (χ0n) is 13.2. The number of carbonyl (C=O) groups excluding carboxylic acids is 1. The minimum Gasteiger partial charge on any atom is -0.337 e. The Bertz CT molecular complexity index is 450. The molecule has 1 aromatic rings. The van der Waals surface area contributed by atoms with Gasteiger partial charge in [-0.25, -0.2) is 4.98 Å². The van der Waals surface area contributed by atoms with E-state index in [2.05, 4.69) is 16.8 Å². The van der Waals surface area contributed by atoms with Crippen LogP contribution >= 0.6 is 36.2 Å². The third-order valence-corrected chi connectivity index (χ3v) is 4.91. The normalized spacial score (nSPS) is 15.8. The molecular formula is C14H26Cl2N4OS. The van der Waals surface area contributed by atoms with E-state index in [1.807, 2.05) is 17.3 Å². The molecule has 0 radical (unpaired) electrons. The molecule has 1 aliphatic rings. The van der Waals surface area contributed by atoms with Gasteiger partial charge in [0.15, 0.2) is 0 Å². The van der Waals surface area contributed by atoms with Crippen LogP contribution in [0.2, 0.25) is 0 Å². The summed E-state index contributed by atoms with van der Waals surface area (Å²) in [5.74, 6) is 0.0412. The summed E-state index contributed by atoms with van der Waals surface area (Å²) < 4.78 is 0. The summed E-state index contributed by atoms with van der Waals surface area (Å²) in [5, 5.41) is 2.80. The molecule has 0 bridgehead atoms. The third-order valence-electron chi connectivity index (χ3n) is 4.00. The van der Waals surface area contributed by atoms with Crippen molar-refractivity contribution in [3.8, 4) is 0 Å². The van der Waals surface area contributed by atoms with E-state index < -0.39 is 0 Å². The van der Waals surface area contributed by atoms with Gasteiger partial charge >= 0.3 is 0 Å². The molecule has 2 rings (SSSR count). The first kappa shape index (κ1) is 21.6. The van der Waals surface area contributed by atoms with Crippen LogP contribution in [0.15, 0.2) is 5.38 Å². The van der Waals surface area contributed by atoms with Gasteiger partial charge in [0.1, 0.15) is 5.69 Å². The fourth-order valence-electron chi connectivity index (χ4n) is 2.62. The van der Waals surface area contributed by atoms with Gasteiger partial charge in [-0.15, -0.1) is 36.2 Å². The summed E-state index contributed by atoms with van der Waals surface area (Å²) in [6.07, 6.45) is 2.85. The van der Waals surface area contributed by atoms with Gasteiger partial charge in [-0.2, -0.15) is 0 Å². The van der Waals surface area contributed by atoms with Crippen molar-refractivity contribution < 1.29 is 4.79 Å². The van der Waals surface area contributed by atoms with E-state index in [0.29, 0.717) is 18.3 Å². The lowest BCUT2D eigenvalue weighted by atomic mass is 10.0. The third kappa shape index (κ3) is 5.35. The van der Waals surface area contributed by atoms with Crippen LogP contribution in [0.5, 0.6) is 0 Å². The highest BCUT2D eigenvalue weighted by atomic mass is 35.5. The predicted molar refractivity (Wildman–Crippen MR) is 96.6 cm³/mol. The van der Waals surface area contributed by atoms with Crippen molar-refractivity contribution in [1.82, 2.24) is 14.8 Å². The second kappa shape index (κ2) is 10.4. The quantitative estimate of drug-likeness (QED) is 0.863. The smallest absolute Gasteiger partial charge is 0.273 e. The van der Waals surface area contributed by atoms with Crippen molar-refractivity contribution in [2.24, 2.45) is 5.73 Å². The van der Waals surface area contributed by atoms with Crippen molar-refractivity contribution in [2.75, 3.05) is 33.2 Å². The number of hydrogen-bond acceptors (Lipinski definition) is 5. The molecule has 1 saturated heterocycles. The molecule has 0 spiro atoms. The van der Waals surface area contributed by atoms with Crippen LogP contribution in [0, 0.1) is 0 Å². The number of nitrogens with two attached hydrogens (primary N) is 1. The van der Waals surface area contributed by atoms with E-state index in [0.717, 1.165) is 43.9 Å². The Morgan fingerprint density at radius 3 is 2.64 bits per heavy atom. The molecule has 5 nitrogen and oxygen atoms in total. The molecule has 0 atom stereocenters. The number of nitrogens with zero attached hydrogens (tertiary/aromatic N) is 3. The van der Waals surface area contributed by atoms with Crippen LogP contribution < -0.4 is 5.73 Å². The number of piperidine rings is 1. The zero-order valence-corrected chi connectivity index (χ0v) is 15.6. The lowest BCUT2D eigenvalue weighted by Crippen LogP contribution is -2.45. The van der Waals surface area contributed by atoms with Crippen LogP contribution in [0.4, 0.5) is 0 Å². The molecule has 8 heteroatoms. The number of halogens is 2. The Kier molecular flexibility index (Phi) is 10.2. The fraction of sp³-hybridized carbons (Fsp3) is 0.714. The number of rotatable bonds is 5. The van der Waals surface area contributed by atoms with Crippen LogP contribution in [0.3, 0.4) is 0 Å². The minimum atomic E-state index is 0. The maximum atomic E-state index is 12.4. The van der Waals surface area contributed by atoms with Crippen molar-refractivity contribution in [3.63, 3.8) is 0 Å². The van der Waals surface area contributed by atoms with Crippen molar-refractivity contribution in [1.29, 1.82) is 0 Å². The van der Waals surface area contributed by atoms with E-state index >= 15 is 0 Å². The number of likely N-dealkylation sites (tertiary alicyclic amines) is 1. The maximum absolute atomic E-state index is 12.4. The first-order valence-corrected chi connectivity index (χ1v) is 8.17. The molecule has 1 aromatic heterocycles. The Balaban J connectivity index is 0.00000220. The first-order chi connectivity index (χ1) is 9.65. The molecular weight excluding hydrogens is 343 g/mol. The lowest BCUT2D eigenvalue weighted by Gasteiger charge is -2.36. The van der Waals surface area contributed by atoms with Crippen LogP contribution in [-0.2, 0) is 6.42 Å². The van der Waals surface area contributed by atoms with E-state index in [4.69, 9.17) is 5.73 Å². The van der Waals surface area contributed by atoms with Crippen LogP contribution in [-0.4, -0.2) is 60.0 Å². The van der Waals surface area contributed by atoms with Crippen molar-refractivity contribution in [3.05, 3.63) is 16.1 Å². The average Bonchev–Trinajstić information content (AvgIpc) is 2.95. The van der Waals surface area contributed by atoms with Gasteiger partial charge in [-0.1, -0.05) is 6.92 Å². The Labute approximate surface area is 149 Å². The highest BCUT2D eigenvalue weighted by Crippen LogP contribution is 2.18. The average molecular weight is 369 g/mol. The van der Waals surface area contributed by atoms with Gasteiger partial charge in [-0.3, -0.25) is 4.79 Å². The second-order valence-corrected chi connectivity index (χ2v) is 6.19. The summed E-state index contributed by atoms with van der Waals surface area (Å²) in [5.41, 5.74) is 6.08. The van der Waals surface area contributed by atoms with E-state index in [9.17, 15) is 4.79 Å². The fourth-order valence-corrected chi connectivity index (χ4v) is 3.40. The molecule has 2 heterocycles. The number of carbonyl (C=O) groups is 1. The lowest BCUT2D eigenvalue weighted by molar-refractivity contribution is 0.0641. The Morgan fingerprint density at radius 2 is 2.09 bits per heavy atom. The summed E-state index contributed by atoms with van der Waals surface area (Å²) in [6.45, 7) is 6.01. The van der Waals surface area contributed by atoms with Gasteiger partial charge in [-0.05, 0) is 25.9 Å². The van der Waals surface area contributed by atoms with Gasteiger partial charge in [0, 0.05) is 38.0 Å². The number of hydrogen-bond donors (Lipinski definition) is 1. The molecule has 1 amide bonds. The van der Waals surface area contributed by atoms with E-state index in [1.165, 1.54) is 11.3 Å². The molecule has 0 aromatic carbocycles. The monoisotopic (exact) mass is 368 g/mol. The highest BCUT2D eigenvalue weighted by molar-refractivity contribution is 7.09. The van der Waals surface area contributed by atoms with Gasteiger partial charge < -0.3 is 15.5 Å². The topological polar surface area (TPSA) is 62.5 Å². The number of aromatic nitrogens is 1. The molecule has 0 unspecified atom stereocenters. The van der Waals surface area contributed by atoms with Crippen LogP contribution in [0.25, 0.3) is 0 Å². The molecule has 22 heavy (non-hydrogen) atoms. The number of amides is 1. The minimum absolute atomic E-state index is 0. The SMILES string of the molecule is CCN1CCC(N(C)C(=O)c2csc(CCN)n2)CC1.Cl.Cl. The van der Waals surface area contributed by atoms with Gasteiger partial charge in [0.2, 0.25) is 0 Å². The second-order valence-electron chi connectivity index (χ2n) is 5.25. The predicted octanol–water partition coefficient (Wildman–Crippen LogP) is 2.04. The van der Waals surface area contributed by atoms with Crippen LogP contribution in [0.1, 0.15) is 35.3 Å². The first-order valence-electron chi connectivity index (χ1n) is 7.29. The molecule has 1 aliphatic heterocycles. The molecule has 0 saturated carbocycles. The van der Waals surface area contributed by atoms with Gasteiger partial charge in [0.05, 0.1) is 5.01 Å². The molecule has 1 fully saturated rings. The molecule has 128 valence electrons.